The predicted octanol–water partition coefficient (Wildman–Crippen LogP) is 4.31. The van der Waals surface area contributed by atoms with E-state index in [0.717, 1.165) is 43.7 Å². The summed E-state index contributed by atoms with van der Waals surface area (Å²) in [7, 11) is 0. The van der Waals surface area contributed by atoms with E-state index in [0.29, 0.717) is 12.6 Å². The van der Waals surface area contributed by atoms with Gasteiger partial charge in [-0.2, -0.15) is 13.2 Å². The van der Waals surface area contributed by atoms with Crippen LogP contribution in [0.2, 0.25) is 0 Å². The van der Waals surface area contributed by atoms with Crippen LogP contribution in [-0.2, 0) is 23.9 Å². The van der Waals surface area contributed by atoms with Crippen LogP contribution in [0.15, 0.2) is 36.5 Å². The summed E-state index contributed by atoms with van der Waals surface area (Å²) in [5, 5.41) is 13.2. The second kappa shape index (κ2) is 9.45. The van der Waals surface area contributed by atoms with Crippen molar-refractivity contribution in [3.8, 4) is 11.3 Å². The summed E-state index contributed by atoms with van der Waals surface area (Å²) in [5.74, 6) is -4.56. The first-order valence-electron chi connectivity index (χ1n) is 10.4. The van der Waals surface area contributed by atoms with Gasteiger partial charge in [-0.05, 0) is 43.1 Å². The summed E-state index contributed by atoms with van der Waals surface area (Å²) >= 11 is 0. The lowest BCUT2D eigenvalue weighted by atomic mass is 10.1. The normalized spacial score (nSPS) is 16.1. The summed E-state index contributed by atoms with van der Waals surface area (Å²) in [6.07, 6.45) is -2.28. The molecule has 12 heteroatoms. The van der Waals surface area contributed by atoms with Crippen molar-refractivity contribution in [2.24, 2.45) is 0 Å². The standard InChI is InChI=1S/C22H19F6N5O/c23-16-8-14(30-19(34)7-12-3-1-5-15(21(12)25)22(26,27)28)9-17(24)20(16)18-11-33(32-31-18)10-13-4-2-6-29-13/h1,3,5,8-9,11,13,29H,2,4,6-7,10H2,(H,30,34). The largest absolute Gasteiger partial charge is 0.419 e. The van der Waals surface area contributed by atoms with Gasteiger partial charge in [-0.15, -0.1) is 5.10 Å². The van der Waals surface area contributed by atoms with Crippen LogP contribution in [0.1, 0.15) is 24.0 Å². The summed E-state index contributed by atoms with van der Waals surface area (Å²) in [6.45, 7) is 1.39. The SMILES string of the molecule is O=C(Cc1cccc(C(F)(F)F)c1F)Nc1cc(F)c(-c2cn(CC3CCCN3)nn2)c(F)c1. The number of carbonyl (C=O) groups excluding carboxylic acids is 1. The Labute approximate surface area is 190 Å². The van der Waals surface area contributed by atoms with Gasteiger partial charge in [0.05, 0.1) is 30.3 Å². The summed E-state index contributed by atoms with van der Waals surface area (Å²) in [6, 6.07) is 4.44. The first-order chi connectivity index (χ1) is 16.1. The molecule has 0 saturated carbocycles. The lowest BCUT2D eigenvalue weighted by molar-refractivity contribution is -0.140. The number of alkyl halides is 3. The fourth-order valence-electron chi connectivity index (χ4n) is 3.84. The van der Waals surface area contributed by atoms with Gasteiger partial charge in [0, 0.05) is 11.7 Å². The number of hydrogen-bond acceptors (Lipinski definition) is 4. The van der Waals surface area contributed by atoms with Crippen LogP contribution in [0, 0.1) is 17.5 Å². The third kappa shape index (κ3) is 5.22. The maximum atomic E-state index is 14.7. The van der Waals surface area contributed by atoms with Gasteiger partial charge >= 0.3 is 6.18 Å². The number of nitrogens with zero attached hydrogens (tertiary/aromatic N) is 3. The molecular formula is C22H19F6N5O. The Kier molecular flexibility index (Phi) is 6.60. The minimum Gasteiger partial charge on any atom is -0.326 e. The first kappa shape index (κ1) is 23.7. The quantitative estimate of drug-likeness (QED) is 0.513. The van der Waals surface area contributed by atoms with Crippen LogP contribution >= 0.6 is 0 Å². The van der Waals surface area contributed by atoms with Gasteiger partial charge in [-0.3, -0.25) is 9.48 Å². The van der Waals surface area contributed by atoms with Crippen LogP contribution in [0.3, 0.4) is 0 Å². The molecule has 1 amide bonds. The van der Waals surface area contributed by atoms with Crippen molar-refractivity contribution in [3.05, 3.63) is 65.1 Å². The molecule has 2 heterocycles. The molecule has 0 bridgehead atoms. The second-order valence-electron chi connectivity index (χ2n) is 7.94. The number of amides is 1. The Balaban J connectivity index is 1.47. The van der Waals surface area contributed by atoms with Gasteiger partial charge in [0.1, 0.15) is 23.1 Å². The molecule has 1 fully saturated rings. The minimum atomic E-state index is -4.92. The van der Waals surface area contributed by atoms with Crippen LogP contribution in [0.25, 0.3) is 11.3 Å². The maximum Gasteiger partial charge on any atom is 0.419 e. The summed E-state index contributed by atoms with van der Waals surface area (Å²) in [5.41, 5.74) is -2.75. The first-order valence-corrected chi connectivity index (χ1v) is 10.4. The molecule has 4 rings (SSSR count). The number of carbonyl (C=O) groups is 1. The highest BCUT2D eigenvalue weighted by molar-refractivity contribution is 5.92. The van der Waals surface area contributed by atoms with E-state index in [2.05, 4.69) is 20.9 Å². The second-order valence-corrected chi connectivity index (χ2v) is 7.94. The zero-order valence-electron chi connectivity index (χ0n) is 17.6. The number of rotatable bonds is 6. The van der Waals surface area contributed by atoms with E-state index in [-0.39, 0.29) is 17.4 Å². The molecule has 6 nitrogen and oxygen atoms in total. The van der Waals surface area contributed by atoms with Gasteiger partial charge in [-0.25, -0.2) is 13.2 Å². The molecule has 0 radical (unpaired) electrons. The molecule has 1 aliphatic heterocycles. The lowest BCUT2D eigenvalue weighted by Gasteiger charge is -2.12. The molecule has 2 N–H and O–H groups in total. The number of nitrogens with one attached hydrogen (secondary N) is 2. The average molecular weight is 483 g/mol. The fraction of sp³-hybridized carbons (Fsp3) is 0.318. The van der Waals surface area contributed by atoms with E-state index in [1.54, 1.807) is 0 Å². The van der Waals surface area contributed by atoms with E-state index in [4.69, 9.17) is 0 Å². The van der Waals surface area contributed by atoms with E-state index in [9.17, 15) is 31.1 Å². The smallest absolute Gasteiger partial charge is 0.326 e. The molecule has 1 saturated heterocycles. The molecule has 1 atom stereocenters. The highest BCUT2D eigenvalue weighted by atomic mass is 19.4. The number of aromatic nitrogens is 3. The zero-order chi connectivity index (χ0) is 24.5. The van der Waals surface area contributed by atoms with Crippen LogP contribution in [-0.4, -0.2) is 33.5 Å². The third-order valence-electron chi connectivity index (χ3n) is 5.43. The molecule has 1 aliphatic rings. The van der Waals surface area contributed by atoms with Crippen molar-refractivity contribution >= 4 is 11.6 Å². The van der Waals surface area contributed by atoms with E-state index < -0.39 is 52.6 Å². The average Bonchev–Trinajstić information content (AvgIpc) is 3.41. The topological polar surface area (TPSA) is 71.8 Å². The van der Waals surface area contributed by atoms with Crippen molar-refractivity contribution < 1.29 is 31.1 Å². The van der Waals surface area contributed by atoms with Gasteiger partial charge < -0.3 is 10.6 Å². The maximum absolute atomic E-state index is 14.7. The van der Waals surface area contributed by atoms with Gasteiger partial charge in [0.2, 0.25) is 5.91 Å². The molecule has 34 heavy (non-hydrogen) atoms. The summed E-state index contributed by atoms with van der Waals surface area (Å²) < 4.78 is 83.5. The van der Waals surface area contributed by atoms with Crippen molar-refractivity contribution in [1.82, 2.24) is 20.3 Å². The van der Waals surface area contributed by atoms with Gasteiger partial charge in [-0.1, -0.05) is 17.3 Å². The Hall–Kier alpha value is -3.41. The van der Waals surface area contributed by atoms with Crippen molar-refractivity contribution in [1.29, 1.82) is 0 Å². The van der Waals surface area contributed by atoms with Crippen LogP contribution in [0.4, 0.5) is 32.0 Å². The molecule has 2 aromatic carbocycles. The fourth-order valence-corrected chi connectivity index (χ4v) is 3.84. The number of anilines is 1. The molecule has 1 aromatic heterocycles. The van der Waals surface area contributed by atoms with Crippen LogP contribution in [0.5, 0.6) is 0 Å². The Morgan fingerprint density at radius 3 is 2.56 bits per heavy atom. The van der Waals surface area contributed by atoms with Crippen LogP contribution < -0.4 is 10.6 Å². The highest BCUT2D eigenvalue weighted by Crippen LogP contribution is 2.33. The van der Waals surface area contributed by atoms with Crippen molar-refractivity contribution in [2.45, 2.75) is 38.0 Å². The zero-order valence-corrected chi connectivity index (χ0v) is 17.6. The van der Waals surface area contributed by atoms with Crippen molar-refractivity contribution in [2.75, 3.05) is 11.9 Å². The Morgan fingerprint density at radius 2 is 1.91 bits per heavy atom. The van der Waals surface area contributed by atoms with Crippen molar-refractivity contribution in [3.63, 3.8) is 0 Å². The minimum absolute atomic E-state index is 0.0306. The molecule has 3 aromatic rings. The monoisotopic (exact) mass is 483 g/mol. The number of hydrogen-bond donors (Lipinski definition) is 2. The Bertz CT molecular complexity index is 1180. The molecule has 180 valence electrons. The van der Waals surface area contributed by atoms with Gasteiger partial charge in [0.25, 0.3) is 0 Å². The van der Waals surface area contributed by atoms with E-state index in [1.807, 2.05) is 0 Å². The summed E-state index contributed by atoms with van der Waals surface area (Å²) in [4.78, 5) is 12.2. The Morgan fingerprint density at radius 1 is 1.18 bits per heavy atom. The molecule has 1 unspecified atom stereocenters. The highest BCUT2D eigenvalue weighted by Gasteiger charge is 2.35. The lowest BCUT2D eigenvalue weighted by Crippen LogP contribution is -2.26. The number of benzene rings is 2. The molecule has 0 aliphatic carbocycles. The number of halogens is 6. The molecule has 0 spiro atoms. The van der Waals surface area contributed by atoms with Gasteiger partial charge in [0.15, 0.2) is 0 Å². The third-order valence-corrected chi connectivity index (χ3v) is 5.43. The molecular weight excluding hydrogens is 464 g/mol. The van der Waals surface area contributed by atoms with E-state index in [1.165, 1.54) is 10.9 Å². The predicted molar refractivity (Wildman–Crippen MR) is 110 cm³/mol. The van der Waals surface area contributed by atoms with E-state index >= 15 is 0 Å².